The number of benzene rings is 1. The lowest BCUT2D eigenvalue weighted by Crippen LogP contribution is -2.34. The number of hydrogen-bond acceptors (Lipinski definition) is 4. The molecule has 0 aliphatic carbocycles. The maximum absolute atomic E-state index is 14.4. The molecule has 0 radical (unpaired) electrons. The molecule has 158 valence electrons. The number of aromatic nitrogens is 1. The van der Waals surface area contributed by atoms with Gasteiger partial charge in [-0.15, -0.1) is 0 Å². The number of alkyl halides is 3. The molecule has 12 heteroatoms. The van der Waals surface area contributed by atoms with Gasteiger partial charge in [0.05, 0.1) is 32.5 Å². The van der Waals surface area contributed by atoms with Crippen molar-refractivity contribution in [2.75, 3.05) is 5.32 Å². The highest BCUT2D eigenvalue weighted by atomic mass is 35.5. The highest BCUT2D eigenvalue weighted by molar-refractivity contribution is 6.33. The Morgan fingerprint density at radius 2 is 1.69 bits per heavy atom. The molecule has 1 aromatic carbocycles. The number of hydrogen-bond donors (Lipinski definition) is 2. The zero-order valence-corrected chi connectivity index (χ0v) is 16.7. The minimum absolute atomic E-state index is 0.439. The summed E-state index contributed by atoms with van der Waals surface area (Å²) in [5.41, 5.74) is -1.12. The van der Waals surface area contributed by atoms with Gasteiger partial charge in [-0.05, 0) is 32.9 Å². The Labute approximate surface area is 172 Å². The van der Waals surface area contributed by atoms with Crippen LogP contribution >= 0.6 is 23.2 Å². The molecule has 2 N–H and O–H groups in total. The van der Waals surface area contributed by atoms with Crippen LogP contribution in [0.1, 0.15) is 36.7 Å². The van der Waals surface area contributed by atoms with Crippen molar-refractivity contribution in [3.8, 4) is 0 Å². The van der Waals surface area contributed by atoms with E-state index in [9.17, 15) is 26.7 Å². The van der Waals surface area contributed by atoms with Crippen LogP contribution in [0.4, 0.5) is 33.5 Å². The zero-order valence-electron chi connectivity index (χ0n) is 15.1. The summed E-state index contributed by atoms with van der Waals surface area (Å²) in [7, 11) is 0. The summed E-state index contributed by atoms with van der Waals surface area (Å²) < 4.78 is 66.6. The van der Waals surface area contributed by atoms with Gasteiger partial charge in [0.2, 0.25) is 0 Å². The Morgan fingerprint density at radius 3 is 2.21 bits per heavy atom. The maximum Gasteiger partial charge on any atom is 0.417 e. The summed E-state index contributed by atoms with van der Waals surface area (Å²) in [6.45, 7) is 4.86. The molecule has 1 amide bonds. The standard InChI is InChI=1S/C17H14Cl2F5N3O2/c1-16(2,3)29-27-15(28)8-5-9(18)11(20)12(21)13(8)26-14-10(19)4-7(6-25-14)17(22,23)24/h4-6H,1-3H3,(H,25,26)(H,27,28). The van der Waals surface area contributed by atoms with Crippen molar-refractivity contribution in [1.82, 2.24) is 10.5 Å². The first-order valence-corrected chi connectivity index (χ1v) is 8.62. The summed E-state index contributed by atoms with van der Waals surface area (Å²) in [5.74, 6) is -4.47. The summed E-state index contributed by atoms with van der Waals surface area (Å²) in [4.78, 5) is 20.9. The fourth-order valence-corrected chi connectivity index (χ4v) is 2.36. The Morgan fingerprint density at radius 1 is 1.07 bits per heavy atom. The molecule has 0 unspecified atom stereocenters. The number of pyridine rings is 1. The molecule has 2 aromatic rings. The first-order valence-electron chi connectivity index (χ1n) is 7.86. The second kappa shape index (κ2) is 8.29. The summed E-state index contributed by atoms with van der Waals surface area (Å²) in [6.07, 6.45) is -4.26. The monoisotopic (exact) mass is 457 g/mol. The highest BCUT2D eigenvalue weighted by Gasteiger charge is 2.32. The normalized spacial score (nSPS) is 12.1. The number of nitrogens with one attached hydrogen (secondary N) is 2. The van der Waals surface area contributed by atoms with Crippen molar-refractivity contribution in [2.45, 2.75) is 32.5 Å². The molecule has 0 spiro atoms. The van der Waals surface area contributed by atoms with E-state index in [0.29, 0.717) is 12.3 Å². The van der Waals surface area contributed by atoms with E-state index < -0.39 is 62.0 Å². The van der Waals surface area contributed by atoms with Gasteiger partial charge in [0.15, 0.2) is 11.6 Å². The number of rotatable bonds is 4. The van der Waals surface area contributed by atoms with Crippen molar-refractivity contribution < 1.29 is 31.6 Å². The molecule has 0 saturated carbocycles. The Balaban J connectivity index is 2.47. The van der Waals surface area contributed by atoms with Crippen molar-refractivity contribution in [3.63, 3.8) is 0 Å². The van der Waals surface area contributed by atoms with Crippen LogP contribution in [0.15, 0.2) is 18.3 Å². The molecule has 5 nitrogen and oxygen atoms in total. The largest absolute Gasteiger partial charge is 0.417 e. The molecule has 29 heavy (non-hydrogen) atoms. The third-order valence-electron chi connectivity index (χ3n) is 3.27. The Kier molecular flexibility index (Phi) is 6.61. The van der Waals surface area contributed by atoms with Crippen molar-refractivity contribution >= 4 is 40.6 Å². The van der Waals surface area contributed by atoms with Crippen LogP contribution in [-0.4, -0.2) is 16.5 Å². The van der Waals surface area contributed by atoms with Crippen LogP contribution in [0, 0.1) is 11.6 Å². The number of carbonyl (C=O) groups excluding carboxylic acids is 1. The van der Waals surface area contributed by atoms with Gasteiger partial charge in [-0.25, -0.2) is 19.2 Å². The average molecular weight is 458 g/mol. The van der Waals surface area contributed by atoms with E-state index in [4.69, 9.17) is 28.0 Å². The van der Waals surface area contributed by atoms with Gasteiger partial charge in [0, 0.05) is 6.20 Å². The van der Waals surface area contributed by atoms with Crippen LogP contribution in [0.3, 0.4) is 0 Å². The fraction of sp³-hybridized carbons (Fsp3) is 0.294. The van der Waals surface area contributed by atoms with Crippen LogP contribution in [0.2, 0.25) is 10.0 Å². The molecule has 0 bridgehead atoms. The highest BCUT2D eigenvalue weighted by Crippen LogP contribution is 2.35. The van der Waals surface area contributed by atoms with Gasteiger partial charge in [0.1, 0.15) is 5.82 Å². The number of amides is 1. The van der Waals surface area contributed by atoms with E-state index in [0.717, 1.165) is 6.07 Å². The molecular weight excluding hydrogens is 444 g/mol. The number of carbonyl (C=O) groups is 1. The van der Waals surface area contributed by atoms with Gasteiger partial charge in [-0.3, -0.25) is 9.63 Å². The smallest absolute Gasteiger partial charge is 0.336 e. The number of halogens is 7. The van der Waals surface area contributed by atoms with Gasteiger partial charge in [0.25, 0.3) is 5.91 Å². The van der Waals surface area contributed by atoms with Gasteiger partial charge in [-0.1, -0.05) is 23.2 Å². The summed E-state index contributed by atoms with van der Waals surface area (Å²) in [6, 6.07) is 1.37. The van der Waals surface area contributed by atoms with E-state index in [1.807, 2.05) is 0 Å². The van der Waals surface area contributed by atoms with Crippen LogP contribution < -0.4 is 10.8 Å². The molecular formula is C17H14Cl2F5N3O2. The summed E-state index contributed by atoms with van der Waals surface area (Å²) in [5, 5.41) is 1.00. The van der Waals surface area contributed by atoms with E-state index in [-0.39, 0.29) is 0 Å². The van der Waals surface area contributed by atoms with E-state index in [1.165, 1.54) is 0 Å². The van der Waals surface area contributed by atoms with E-state index >= 15 is 0 Å². The lowest BCUT2D eigenvalue weighted by Gasteiger charge is -2.20. The van der Waals surface area contributed by atoms with Gasteiger partial charge >= 0.3 is 6.18 Å². The Bertz CT molecular complexity index is 946. The molecule has 1 heterocycles. The predicted molar refractivity (Wildman–Crippen MR) is 97.2 cm³/mol. The SMILES string of the molecule is CC(C)(C)ONC(=O)c1cc(Cl)c(F)c(F)c1Nc1ncc(C(F)(F)F)cc1Cl. The Hall–Kier alpha value is -2.17. The van der Waals surface area contributed by atoms with Crippen LogP contribution in [0.25, 0.3) is 0 Å². The molecule has 2 rings (SSSR count). The van der Waals surface area contributed by atoms with Gasteiger partial charge < -0.3 is 5.32 Å². The van der Waals surface area contributed by atoms with Crippen molar-refractivity contribution in [3.05, 3.63) is 51.1 Å². The number of hydroxylamine groups is 1. The van der Waals surface area contributed by atoms with Crippen molar-refractivity contribution in [1.29, 1.82) is 0 Å². The second-order valence-corrected chi connectivity index (χ2v) is 7.55. The first kappa shape index (κ1) is 23.1. The minimum atomic E-state index is -4.71. The fourth-order valence-electron chi connectivity index (χ4n) is 1.95. The number of nitrogens with zero attached hydrogens (tertiary/aromatic N) is 1. The molecule has 0 aliphatic rings. The second-order valence-electron chi connectivity index (χ2n) is 6.73. The van der Waals surface area contributed by atoms with E-state index in [1.54, 1.807) is 20.8 Å². The molecule has 0 fully saturated rings. The molecule has 0 aliphatic heterocycles. The number of anilines is 2. The summed E-state index contributed by atoms with van der Waals surface area (Å²) >= 11 is 11.4. The van der Waals surface area contributed by atoms with Gasteiger partial charge in [-0.2, -0.15) is 13.2 Å². The molecule has 0 saturated heterocycles. The first-order chi connectivity index (χ1) is 13.2. The van der Waals surface area contributed by atoms with E-state index in [2.05, 4.69) is 15.8 Å². The third kappa shape index (κ3) is 5.68. The predicted octanol–water partition coefficient (Wildman–Crippen LogP) is 5.89. The third-order valence-corrected chi connectivity index (χ3v) is 3.83. The van der Waals surface area contributed by atoms with Crippen LogP contribution in [-0.2, 0) is 11.0 Å². The maximum atomic E-state index is 14.4. The lowest BCUT2D eigenvalue weighted by molar-refractivity contribution is -0.137. The van der Waals surface area contributed by atoms with Crippen LogP contribution in [0.5, 0.6) is 0 Å². The quantitative estimate of drug-likeness (QED) is 0.341. The van der Waals surface area contributed by atoms with Crippen molar-refractivity contribution in [2.24, 2.45) is 0 Å². The zero-order chi connectivity index (χ0) is 22.1. The minimum Gasteiger partial charge on any atom is -0.336 e. The average Bonchev–Trinajstić information content (AvgIpc) is 2.59. The topological polar surface area (TPSA) is 63.2 Å². The lowest BCUT2D eigenvalue weighted by atomic mass is 10.1. The molecule has 1 aromatic heterocycles. The molecule has 0 atom stereocenters.